The average molecular weight is 626 g/mol. The van der Waals surface area contributed by atoms with Crippen LogP contribution in [0, 0.1) is 0 Å². The number of hydrazine groups is 1. The topological polar surface area (TPSA) is 163 Å². The number of fused-ring (bicyclic) bond motifs is 1. The largest absolute Gasteiger partial charge is 0.345 e. The lowest BCUT2D eigenvalue weighted by atomic mass is 10.0. The van der Waals surface area contributed by atoms with Crippen LogP contribution in [0.15, 0.2) is 48.5 Å². The standard InChI is InChI=1S/C30H32ClN5O8/c1-17(37)32-21-10-9-19(14-20(21)31)27(40)33-22-11-12-25(39)35-13-5-8-23(36(35)29(22)42)28(41)34-26-24(38)16-44-30(26)43-15-18-6-3-2-4-7-18/h2-4,6-7,9-10,14,22-23,26,30H,5,8,11-13,15-16H2,1H3,(H,32,37)(H,33,40)(H,34,41)/t22-,23-,26+,30?/m0/s1. The second-order valence-corrected chi connectivity index (χ2v) is 11.1. The highest BCUT2D eigenvalue weighted by molar-refractivity contribution is 6.34. The number of hydrogen-bond acceptors (Lipinski definition) is 8. The first kappa shape index (κ1) is 31.1. The van der Waals surface area contributed by atoms with Crippen molar-refractivity contribution in [1.82, 2.24) is 20.7 Å². The highest BCUT2D eigenvalue weighted by Gasteiger charge is 2.46. The van der Waals surface area contributed by atoms with E-state index >= 15 is 0 Å². The van der Waals surface area contributed by atoms with Crippen LogP contribution in [0.1, 0.15) is 48.5 Å². The summed E-state index contributed by atoms with van der Waals surface area (Å²) in [6.07, 6.45) is -0.350. The van der Waals surface area contributed by atoms with Gasteiger partial charge in [-0.2, -0.15) is 0 Å². The van der Waals surface area contributed by atoms with E-state index in [-0.39, 0.29) is 67.2 Å². The summed E-state index contributed by atoms with van der Waals surface area (Å²) in [5.74, 6) is -2.96. The molecule has 1 unspecified atom stereocenters. The Morgan fingerprint density at radius 2 is 1.82 bits per heavy atom. The molecule has 4 atom stereocenters. The second-order valence-electron chi connectivity index (χ2n) is 10.7. The monoisotopic (exact) mass is 625 g/mol. The van der Waals surface area contributed by atoms with Gasteiger partial charge >= 0.3 is 0 Å². The minimum absolute atomic E-state index is 0.0206. The Hall–Kier alpha value is -4.33. The van der Waals surface area contributed by atoms with Crippen LogP contribution in [0.4, 0.5) is 5.69 Å². The SMILES string of the molecule is CC(=O)Nc1ccc(C(=O)N[C@H]2CCC(=O)N3CCC[C@@H](C(=O)N[C@@H]4C(=O)COC4OCc4ccccc4)N3C2=O)cc1Cl. The Labute approximate surface area is 258 Å². The number of ether oxygens (including phenoxy) is 2. The summed E-state index contributed by atoms with van der Waals surface area (Å²) in [5.41, 5.74) is 1.32. The first-order chi connectivity index (χ1) is 21.1. The molecule has 3 aliphatic heterocycles. The van der Waals surface area contributed by atoms with Crippen molar-refractivity contribution >= 4 is 52.6 Å². The molecule has 0 spiro atoms. The second kappa shape index (κ2) is 13.5. The van der Waals surface area contributed by atoms with Gasteiger partial charge in [0.2, 0.25) is 17.7 Å². The zero-order valence-electron chi connectivity index (χ0n) is 23.9. The lowest BCUT2D eigenvalue weighted by Crippen LogP contribution is -2.65. The van der Waals surface area contributed by atoms with Gasteiger partial charge in [-0.3, -0.25) is 33.8 Å². The first-order valence-electron chi connectivity index (χ1n) is 14.2. The number of nitrogens with zero attached hydrogens (tertiary/aromatic N) is 2. The minimum atomic E-state index is -1.11. The number of carbonyl (C=O) groups excluding carboxylic acids is 6. The predicted molar refractivity (Wildman–Crippen MR) is 156 cm³/mol. The van der Waals surface area contributed by atoms with Crippen LogP contribution in [0.3, 0.4) is 0 Å². The van der Waals surface area contributed by atoms with Gasteiger partial charge in [-0.15, -0.1) is 0 Å². The van der Waals surface area contributed by atoms with Crippen LogP contribution in [0.2, 0.25) is 5.02 Å². The van der Waals surface area contributed by atoms with Crippen LogP contribution in [0.25, 0.3) is 0 Å². The van der Waals surface area contributed by atoms with Crippen molar-refractivity contribution in [2.24, 2.45) is 0 Å². The van der Waals surface area contributed by atoms with Crippen LogP contribution in [-0.4, -0.2) is 82.9 Å². The van der Waals surface area contributed by atoms with Crippen LogP contribution in [-0.2, 0) is 40.1 Å². The third-order valence-corrected chi connectivity index (χ3v) is 7.89. The summed E-state index contributed by atoms with van der Waals surface area (Å²) >= 11 is 6.21. The molecule has 3 fully saturated rings. The van der Waals surface area contributed by atoms with E-state index in [0.717, 1.165) is 10.6 Å². The highest BCUT2D eigenvalue weighted by atomic mass is 35.5. The van der Waals surface area contributed by atoms with E-state index in [2.05, 4.69) is 16.0 Å². The zero-order chi connectivity index (χ0) is 31.4. The van der Waals surface area contributed by atoms with Gasteiger partial charge in [0.1, 0.15) is 24.7 Å². The fourth-order valence-electron chi connectivity index (χ4n) is 5.39. The zero-order valence-corrected chi connectivity index (χ0v) is 24.7. The van der Waals surface area contributed by atoms with Crippen molar-refractivity contribution in [3.8, 4) is 0 Å². The Morgan fingerprint density at radius 3 is 2.55 bits per heavy atom. The predicted octanol–water partition coefficient (Wildman–Crippen LogP) is 1.55. The molecule has 3 saturated heterocycles. The third-order valence-electron chi connectivity index (χ3n) is 7.58. The fourth-order valence-corrected chi connectivity index (χ4v) is 5.62. The van der Waals surface area contributed by atoms with Crippen molar-refractivity contribution in [1.29, 1.82) is 0 Å². The molecule has 0 aromatic heterocycles. The van der Waals surface area contributed by atoms with Crippen LogP contribution >= 0.6 is 11.6 Å². The number of halogens is 1. The van der Waals surface area contributed by atoms with E-state index in [0.29, 0.717) is 12.1 Å². The fraction of sp³-hybridized carbons (Fsp3) is 0.400. The van der Waals surface area contributed by atoms with E-state index in [4.69, 9.17) is 21.1 Å². The molecular weight excluding hydrogens is 594 g/mol. The molecule has 3 heterocycles. The maximum Gasteiger partial charge on any atom is 0.264 e. The first-order valence-corrected chi connectivity index (χ1v) is 14.6. The highest BCUT2D eigenvalue weighted by Crippen LogP contribution is 2.27. The maximum absolute atomic E-state index is 13.8. The molecule has 3 N–H and O–H groups in total. The molecular formula is C30H32ClN5O8. The van der Waals surface area contributed by atoms with Gasteiger partial charge in [0.05, 0.1) is 17.3 Å². The van der Waals surface area contributed by atoms with E-state index in [1.165, 1.54) is 30.1 Å². The summed E-state index contributed by atoms with van der Waals surface area (Å²) in [6, 6.07) is 10.2. The Kier molecular flexibility index (Phi) is 9.57. The minimum Gasteiger partial charge on any atom is -0.345 e. The van der Waals surface area contributed by atoms with E-state index in [1.54, 1.807) is 0 Å². The molecule has 3 aliphatic rings. The quantitative estimate of drug-likeness (QED) is 0.398. The van der Waals surface area contributed by atoms with Gasteiger partial charge in [0.15, 0.2) is 12.1 Å². The number of ketones is 1. The molecule has 44 heavy (non-hydrogen) atoms. The Balaban J connectivity index is 1.29. The maximum atomic E-state index is 13.8. The van der Waals surface area contributed by atoms with Gasteiger partial charge in [0, 0.05) is 25.5 Å². The summed E-state index contributed by atoms with van der Waals surface area (Å²) in [7, 11) is 0. The van der Waals surface area contributed by atoms with Crippen molar-refractivity contribution in [2.45, 2.75) is 63.6 Å². The summed E-state index contributed by atoms with van der Waals surface area (Å²) in [5, 5.41) is 10.4. The lowest BCUT2D eigenvalue weighted by Gasteiger charge is -2.43. The average Bonchev–Trinajstić information content (AvgIpc) is 3.30. The Bertz CT molecular complexity index is 1470. The van der Waals surface area contributed by atoms with Crippen molar-refractivity contribution in [2.75, 3.05) is 18.5 Å². The molecule has 5 rings (SSSR count). The van der Waals surface area contributed by atoms with Crippen LogP contribution < -0.4 is 16.0 Å². The van der Waals surface area contributed by atoms with E-state index in [9.17, 15) is 28.8 Å². The van der Waals surface area contributed by atoms with Crippen molar-refractivity contribution in [3.05, 3.63) is 64.7 Å². The number of nitrogens with one attached hydrogen (secondary N) is 3. The van der Waals surface area contributed by atoms with Crippen molar-refractivity contribution < 1.29 is 38.2 Å². The summed E-state index contributed by atoms with van der Waals surface area (Å²) < 4.78 is 11.3. The van der Waals surface area contributed by atoms with Gasteiger partial charge in [-0.1, -0.05) is 41.9 Å². The molecule has 5 amide bonds. The summed E-state index contributed by atoms with van der Waals surface area (Å²) in [4.78, 5) is 77.6. The normalized spacial score (nSPS) is 23.5. The van der Waals surface area contributed by atoms with Gasteiger partial charge in [-0.05, 0) is 43.0 Å². The van der Waals surface area contributed by atoms with Gasteiger partial charge in [0.25, 0.3) is 11.8 Å². The summed E-state index contributed by atoms with van der Waals surface area (Å²) in [6.45, 7) is 1.46. The number of hydrogen-bond donors (Lipinski definition) is 3. The molecule has 0 bridgehead atoms. The molecule has 2 aromatic rings. The Morgan fingerprint density at radius 1 is 1.05 bits per heavy atom. The number of rotatable bonds is 8. The van der Waals surface area contributed by atoms with Gasteiger partial charge < -0.3 is 25.4 Å². The molecule has 232 valence electrons. The molecule has 13 nitrogen and oxygen atoms in total. The molecule has 14 heteroatoms. The third kappa shape index (κ3) is 6.90. The van der Waals surface area contributed by atoms with Crippen molar-refractivity contribution in [3.63, 3.8) is 0 Å². The number of benzene rings is 2. The smallest absolute Gasteiger partial charge is 0.264 e. The van der Waals surface area contributed by atoms with Crippen LogP contribution in [0.5, 0.6) is 0 Å². The molecule has 0 aliphatic carbocycles. The van der Waals surface area contributed by atoms with E-state index in [1.807, 2.05) is 30.3 Å². The number of amides is 5. The number of Topliss-reactive ketones (excluding diaryl/α,β-unsaturated/α-hetero) is 1. The number of carbonyl (C=O) groups is 6. The lowest BCUT2D eigenvalue weighted by molar-refractivity contribution is -0.177. The number of anilines is 1. The molecule has 0 radical (unpaired) electrons. The van der Waals surface area contributed by atoms with Gasteiger partial charge in [-0.25, -0.2) is 5.01 Å². The molecule has 2 aromatic carbocycles. The molecule has 0 saturated carbocycles. The van der Waals surface area contributed by atoms with E-state index < -0.39 is 42.1 Å².